The summed E-state index contributed by atoms with van der Waals surface area (Å²) in [6, 6.07) is 10.6. The Morgan fingerprint density at radius 1 is 1.05 bits per heavy atom. The van der Waals surface area contributed by atoms with Crippen LogP contribution < -0.4 is 14.2 Å². The molecule has 0 aromatic heterocycles. The van der Waals surface area contributed by atoms with Gasteiger partial charge in [-0.1, -0.05) is 24.3 Å². The summed E-state index contributed by atoms with van der Waals surface area (Å²) in [5, 5.41) is 51.7. The minimum absolute atomic E-state index is 0.0305. The van der Waals surface area contributed by atoms with Gasteiger partial charge >= 0.3 is 22.4 Å². The van der Waals surface area contributed by atoms with Crippen LogP contribution in [-0.4, -0.2) is 97.4 Å². The van der Waals surface area contributed by atoms with Crippen molar-refractivity contribution in [2.24, 2.45) is 4.36 Å². The first-order valence-electron chi connectivity index (χ1n) is 13.6. The first-order chi connectivity index (χ1) is 20.6. The summed E-state index contributed by atoms with van der Waals surface area (Å²) < 4.78 is 44.9. The van der Waals surface area contributed by atoms with Crippen molar-refractivity contribution in [3.63, 3.8) is 0 Å². The smallest absolute Gasteiger partial charge is 0.408 e. The van der Waals surface area contributed by atoms with E-state index in [9.17, 15) is 39.3 Å². The van der Waals surface area contributed by atoms with Gasteiger partial charge in [0, 0.05) is 6.42 Å². The molecule has 1 fully saturated rings. The number of alkyl carbamates (subject to hydrolysis) is 1. The monoisotopic (exact) mass is 642 g/mol. The lowest BCUT2D eigenvalue weighted by molar-refractivity contribution is -0.277. The minimum atomic E-state index is -3.90. The van der Waals surface area contributed by atoms with E-state index in [4.69, 9.17) is 22.6 Å². The van der Waals surface area contributed by atoms with E-state index >= 15 is 0 Å². The molecular weight excluding hydrogens is 604 g/mol. The molecule has 244 valence electrons. The number of carbonyl (C=O) groups is 2. The summed E-state index contributed by atoms with van der Waals surface area (Å²) in [7, 11) is -3.90. The van der Waals surface area contributed by atoms with Gasteiger partial charge in [-0.25, -0.2) is 9.59 Å². The predicted molar refractivity (Wildman–Crippen MR) is 154 cm³/mol. The van der Waals surface area contributed by atoms with Crippen molar-refractivity contribution in [1.82, 2.24) is 5.32 Å². The number of rotatable bonds is 12. The van der Waals surface area contributed by atoms with Crippen LogP contribution in [0.1, 0.15) is 33.3 Å². The summed E-state index contributed by atoms with van der Waals surface area (Å²) >= 11 is 0. The molecule has 0 saturated carbocycles. The van der Waals surface area contributed by atoms with Gasteiger partial charge in [-0.05, 0) is 57.5 Å². The lowest BCUT2D eigenvalue weighted by Crippen LogP contribution is -2.60. The maximum atomic E-state index is 13.6. The Hall–Kier alpha value is -3.51. The number of aliphatic carboxylic acids is 1. The standard InChI is InChI=1S/C28H38N2O13S/c1-5-39-44(38,30-18-8-6-7-9-20(18)40-26-24(34)23(33)22(32)21(15-31)41-26)43-17-12-10-16(11-13-17)14-19(25(35)36)29-27(37)42-28(2,3)4/h6-13,19,21-24,26,31-34H,5,14-15H2,1-4H3,(H,29,37)(H,35,36)/t19-,21+,22-,23-,24+,26+,44?/m0/s1. The van der Waals surface area contributed by atoms with Gasteiger partial charge in [-0.2, -0.15) is 4.21 Å². The first-order valence-corrected chi connectivity index (χ1v) is 15.0. The summed E-state index contributed by atoms with van der Waals surface area (Å²) in [5.74, 6) is -1.24. The average molecular weight is 643 g/mol. The van der Waals surface area contributed by atoms with Crippen LogP contribution >= 0.6 is 0 Å². The number of benzene rings is 2. The maximum absolute atomic E-state index is 13.6. The topological polar surface area (TPSA) is 223 Å². The lowest BCUT2D eigenvalue weighted by atomic mass is 9.99. The highest BCUT2D eigenvalue weighted by molar-refractivity contribution is 7.84. The molecule has 1 unspecified atom stereocenters. The summed E-state index contributed by atoms with van der Waals surface area (Å²) in [5.41, 5.74) is -0.326. The second-order valence-electron chi connectivity index (χ2n) is 10.7. The molecule has 6 N–H and O–H groups in total. The van der Waals surface area contributed by atoms with Crippen LogP contribution in [0.3, 0.4) is 0 Å². The number of carboxylic acids is 1. The van der Waals surface area contributed by atoms with Crippen molar-refractivity contribution in [1.29, 1.82) is 0 Å². The molecule has 44 heavy (non-hydrogen) atoms. The number of hydrogen-bond acceptors (Lipinski definition) is 13. The fourth-order valence-electron chi connectivity index (χ4n) is 3.95. The van der Waals surface area contributed by atoms with Gasteiger partial charge in [0.15, 0.2) is 0 Å². The van der Waals surface area contributed by atoms with Crippen LogP contribution in [0.4, 0.5) is 10.5 Å². The molecule has 0 spiro atoms. The lowest BCUT2D eigenvalue weighted by Gasteiger charge is -2.39. The normalized spacial score (nSPS) is 24.0. The molecule has 1 saturated heterocycles. The van der Waals surface area contributed by atoms with Gasteiger partial charge in [0.25, 0.3) is 0 Å². The maximum Gasteiger partial charge on any atom is 0.408 e. The van der Waals surface area contributed by atoms with Crippen LogP contribution in [0.2, 0.25) is 0 Å². The highest BCUT2D eigenvalue weighted by Gasteiger charge is 2.45. The SMILES string of the molecule is CCOS(=O)(=Nc1ccccc1O[C@@H]1O[C@H](CO)[C@H](O)[C@H](O)[C@H]1O)Oc1ccc(C[C@H](NC(=O)OC(C)(C)C)C(=O)O)cc1. The van der Waals surface area contributed by atoms with Crippen molar-refractivity contribution in [3.05, 3.63) is 54.1 Å². The fourth-order valence-corrected chi connectivity index (χ4v) is 5.13. The number of nitrogens with one attached hydrogen (secondary N) is 1. The molecule has 0 bridgehead atoms. The number of aliphatic hydroxyl groups is 4. The third kappa shape index (κ3) is 9.75. The van der Waals surface area contributed by atoms with Crippen LogP contribution in [-0.2, 0) is 35.2 Å². The van der Waals surface area contributed by atoms with Crippen molar-refractivity contribution in [3.8, 4) is 11.5 Å². The Labute approximate surface area is 254 Å². The van der Waals surface area contributed by atoms with E-state index in [1.165, 1.54) is 36.4 Å². The Kier molecular flexibility index (Phi) is 11.9. The van der Waals surface area contributed by atoms with E-state index in [-0.39, 0.29) is 30.2 Å². The number of ether oxygens (including phenoxy) is 3. The third-order valence-electron chi connectivity index (χ3n) is 5.99. The predicted octanol–water partition coefficient (Wildman–Crippen LogP) is 1.43. The second kappa shape index (κ2) is 15.0. The second-order valence-corrected chi connectivity index (χ2v) is 12.1. The number of carboxylic acid groups (broad SMARTS) is 1. The molecule has 3 rings (SSSR count). The number of hydrogen-bond donors (Lipinski definition) is 6. The van der Waals surface area contributed by atoms with E-state index in [1.807, 2.05) is 0 Å². The van der Waals surface area contributed by atoms with Crippen molar-refractivity contribution in [2.75, 3.05) is 13.2 Å². The Bertz CT molecular complexity index is 1390. The van der Waals surface area contributed by atoms with Gasteiger partial charge in [0.2, 0.25) is 6.29 Å². The quantitative estimate of drug-likeness (QED) is 0.193. The number of amides is 1. The van der Waals surface area contributed by atoms with Gasteiger partial charge < -0.3 is 49.2 Å². The number of nitrogens with zero attached hydrogens (tertiary/aromatic N) is 1. The molecular formula is C28H38N2O13S. The van der Waals surface area contributed by atoms with Crippen molar-refractivity contribution in [2.45, 2.75) is 76.5 Å². The molecule has 2 aromatic rings. The minimum Gasteiger partial charge on any atom is -0.480 e. The summed E-state index contributed by atoms with van der Waals surface area (Å²) in [6.07, 6.45) is -8.62. The molecule has 1 heterocycles. The van der Waals surface area contributed by atoms with Crippen LogP contribution in [0.25, 0.3) is 0 Å². The molecule has 15 nitrogen and oxygen atoms in total. The summed E-state index contributed by atoms with van der Waals surface area (Å²) in [4.78, 5) is 23.8. The Morgan fingerprint density at radius 2 is 1.70 bits per heavy atom. The zero-order chi connectivity index (χ0) is 32.7. The van der Waals surface area contributed by atoms with E-state index < -0.39 is 71.3 Å². The first kappa shape index (κ1) is 35.0. The highest BCUT2D eigenvalue weighted by Crippen LogP contribution is 2.33. The average Bonchev–Trinajstić information content (AvgIpc) is 2.94. The molecule has 1 amide bonds. The van der Waals surface area contributed by atoms with E-state index in [0.29, 0.717) is 5.56 Å². The van der Waals surface area contributed by atoms with E-state index in [1.54, 1.807) is 39.8 Å². The number of para-hydroxylation sites is 1. The van der Waals surface area contributed by atoms with Gasteiger partial charge in [-0.15, -0.1) is 4.36 Å². The fraction of sp³-hybridized carbons (Fsp3) is 0.500. The highest BCUT2D eigenvalue weighted by atomic mass is 32.2. The van der Waals surface area contributed by atoms with Crippen molar-refractivity contribution >= 4 is 28.0 Å². The van der Waals surface area contributed by atoms with Gasteiger partial charge in [0.1, 0.15) is 53.2 Å². The molecule has 1 aliphatic rings. The largest absolute Gasteiger partial charge is 0.480 e. The third-order valence-corrected chi connectivity index (χ3v) is 7.34. The van der Waals surface area contributed by atoms with Crippen LogP contribution in [0.15, 0.2) is 52.9 Å². The molecule has 0 aliphatic carbocycles. The Morgan fingerprint density at radius 3 is 2.30 bits per heavy atom. The summed E-state index contributed by atoms with van der Waals surface area (Å²) in [6.45, 7) is 5.81. The van der Waals surface area contributed by atoms with Gasteiger partial charge in [-0.3, -0.25) is 4.18 Å². The molecule has 0 radical (unpaired) electrons. The number of aliphatic hydroxyl groups excluding tert-OH is 4. The Balaban J connectivity index is 1.79. The van der Waals surface area contributed by atoms with Gasteiger partial charge in [0.05, 0.1) is 13.2 Å². The molecule has 1 aliphatic heterocycles. The zero-order valence-electron chi connectivity index (χ0n) is 24.6. The molecule has 7 atom stereocenters. The zero-order valence-corrected chi connectivity index (χ0v) is 25.4. The van der Waals surface area contributed by atoms with E-state index in [2.05, 4.69) is 9.68 Å². The molecule has 2 aromatic carbocycles. The number of carbonyl (C=O) groups excluding carboxylic acids is 1. The molecule has 16 heteroatoms. The van der Waals surface area contributed by atoms with Crippen molar-refractivity contribution < 1.29 is 61.9 Å². The van der Waals surface area contributed by atoms with Crippen LogP contribution in [0.5, 0.6) is 11.5 Å². The van der Waals surface area contributed by atoms with Crippen LogP contribution in [0, 0.1) is 0 Å². The van der Waals surface area contributed by atoms with E-state index in [0.717, 1.165) is 0 Å².